The van der Waals surface area contributed by atoms with Gasteiger partial charge in [-0.15, -0.1) is 0 Å². The van der Waals surface area contributed by atoms with Gasteiger partial charge in [0, 0.05) is 19.7 Å². The molecule has 2 heterocycles. The van der Waals surface area contributed by atoms with Crippen LogP contribution in [-0.2, 0) is 16.1 Å². The zero-order valence-electron chi connectivity index (χ0n) is 13.8. The minimum absolute atomic E-state index is 0.117. The molecule has 0 bridgehead atoms. The van der Waals surface area contributed by atoms with E-state index in [2.05, 4.69) is 6.92 Å². The molecule has 0 radical (unpaired) electrons. The van der Waals surface area contributed by atoms with Gasteiger partial charge in [0.05, 0.1) is 0 Å². The number of amides is 1. The zero-order valence-corrected chi connectivity index (χ0v) is 13.8. The van der Waals surface area contributed by atoms with Crippen LogP contribution in [0, 0.1) is 0 Å². The Labute approximate surface area is 137 Å². The molecule has 5 heteroatoms. The van der Waals surface area contributed by atoms with Gasteiger partial charge in [-0.1, -0.05) is 19.4 Å². The van der Waals surface area contributed by atoms with Crippen molar-refractivity contribution in [3.05, 3.63) is 23.8 Å². The highest BCUT2D eigenvalue weighted by atomic mass is 16.6. The molecule has 5 nitrogen and oxygen atoms in total. The van der Waals surface area contributed by atoms with E-state index in [1.54, 1.807) is 0 Å². The van der Waals surface area contributed by atoms with Gasteiger partial charge in [0.1, 0.15) is 19.3 Å². The molecule has 2 aliphatic heterocycles. The highest BCUT2D eigenvalue weighted by molar-refractivity contribution is 5.81. The van der Waals surface area contributed by atoms with Crippen LogP contribution in [-0.4, -0.2) is 43.3 Å². The molecule has 1 aromatic carbocycles. The smallest absolute Gasteiger partial charge is 0.251 e. The zero-order chi connectivity index (χ0) is 16.1. The van der Waals surface area contributed by atoms with Crippen molar-refractivity contribution in [2.24, 2.45) is 0 Å². The molecule has 23 heavy (non-hydrogen) atoms. The first-order valence-electron chi connectivity index (χ1n) is 8.57. The second-order valence-electron chi connectivity index (χ2n) is 6.09. The number of nitrogens with zero attached hydrogens (tertiary/aromatic N) is 1. The maximum atomic E-state index is 12.7. The van der Waals surface area contributed by atoms with E-state index >= 15 is 0 Å². The minimum atomic E-state index is -0.260. The van der Waals surface area contributed by atoms with E-state index in [0.717, 1.165) is 49.3 Å². The standard InChI is InChI=1S/C18H25NO4/c1-2-3-8-19(18(20)16-5-4-9-21-16)13-14-6-7-15-17(12-14)23-11-10-22-15/h6-7,12,16H,2-5,8-11,13H2,1H3/t16-/m0/s1. The number of carbonyl (C=O) groups is 1. The molecule has 0 spiro atoms. The molecule has 3 rings (SSSR count). The van der Waals surface area contributed by atoms with Crippen LogP contribution in [0.1, 0.15) is 38.2 Å². The average Bonchev–Trinajstić information content (AvgIpc) is 3.12. The van der Waals surface area contributed by atoms with Gasteiger partial charge in [0.25, 0.3) is 5.91 Å². The molecule has 0 aromatic heterocycles. The lowest BCUT2D eigenvalue weighted by atomic mass is 10.1. The van der Waals surface area contributed by atoms with E-state index in [-0.39, 0.29) is 12.0 Å². The molecule has 1 amide bonds. The SMILES string of the molecule is CCCCN(Cc1ccc2c(c1)OCCO2)C(=O)[C@@H]1CCCO1. The topological polar surface area (TPSA) is 48.0 Å². The lowest BCUT2D eigenvalue weighted by Crippen LogP contribution is -2.39. The van der Waals surface area contributed by atoms with Crippen molar-refractivity contribution in [1.29, 1.82) is 0 Å². The molecule has 1 saturated heterocycles. The van der Waals surface area contributed by atoms with Crippen LogP contribution >= 0.6 is 0 Å². The Morgan fingerprint density at radius 1 is 1.22 bits per heavy atom. The second-order valence-corrected chi connectivity index (χ2v) is 6.09. The number of unbranched alkanes of at least 4 members (excludes halogenated alkanes) is 1. The summed E-state index contributed by atoms with van der Waals surface area (Å²) in [5.41, 5.74) is 1.07. The molecule has 0 N–H and O–H groups in total. The van der Waals surface area contributed by atoms with Crippen molar-refractivity contribution in [3.8, 4) is 11.5 Å². The van der Waals surface area contributed by atoms with Crippen LogP contribution in [0.2, 0.25) is 0 Å². The molecule has 1 fully saturated rings. The fourth-order valence-corrected chi connectivity index (χ4v) is 3.00. The maximum absolute atomic E-state index is 12.7. The average molecular weight is 319 g/mol. The fourth-order valence-electron chi connectivity index (χ4n) is 3.00. The monoisotopic (exact) mass is 319 g/mol. The van der Waals surface area contributed by atoms with Gasteiger partial charge in [-0.25, -0.2) is 0 Å². The summed E-state index contributed by atoms with van der Waals surface area (Å²) >= 11 is 0. The van der Waals surface area contributed by atoms with Crippen LogP contribution in [0.5, 0.6) is 11.5 Å². The summed E-state index contributed by atoms with van der Waals surface area (Å²) in [6.07, 6.45) is 3.62. The maximum Gasteiger partial charge on any atom is 0.251 e. The van der Waals surface area contributed by atoms with E-state index < -0.39 is 0 Å². The van der Waals surface area contributed by atoms with Crippen molar-refractivity contribution < 1.29 is 19.0 Å². The third kappa shape index (κ3) is 3.96. The van der Waals surface area contributed by atoms with Gasteiger partial charge >= 0.3 is 0 Å². The van der Waals surface area contributed by atoms with E-state index in [1.807, 2.05) is 23.1 Å². The minimum Gasteiger partial charge on any atom is -0.486 e. The number of fused-ring (bicyclic) bond motifs is 1. The first kappa shape index (κ1) is 16.1. The van der Waals surface area contributed by atoms with E-state index in [4.69, 9.17) is 14.2 Å². The third-order valence-electron chi connectivity index (χ3n) is 4.28. The molecule has 126 valence electrons. The Bertz CT molecular complexity index is 540. The second kappa shape index (κ2) is 7.68. The van der Waals surface area contributed by atoms with Gasteiger partial charge in [-0.3, -0.25) is 4.79 Å². The molecule has 1 aromatic rings. The Kier molecular flexibility index (Phi) is 5.39. The molecule has 0 aliphatic carbocycles. The molecular weight excluding hydrogens is 294 g/mol. The van der Waals surface area contributed by atoms with Crippen LogP contribution in [0.15, 0.2) is 18.2 Å². The van der Waals surface area contributed by atoms with Crippen LogP contribution in [0.4, 0.5) is 0 Å². The number of hydrogen-bond acceptors (Lipinski definition) is 4. The van der Waals surface area contributed by atoms with Gasteiger partial charge in [-0.2, -0.15) is 0 Å². The first-order chi connectivity index (χ1) is 11.3. The highest BCUT2D eigenvalue weighted by Gasteiger charge is 2.28. The summed E-state index contributed by atoms with van der Waals surface area (Å²) in [4.78, 5) is 14.6. The van der Waals surface area contributed by atoms with Crippen LogP contribution in [0.3, 0.4) is 0 Å². The van der Waals surface area contributed by atoms with Gasteiger partial charge in [0.15, 0.2) is 11.5 Å². The Hall–Kier alpha value is -1.75. The summed E-state index contributed by atoms with van der Waals surface area (Å²) in [6.45, 7) is 5.36. The van der Waals surface area contributed by atoms with Crippen LogP contribution in [0.25, 0.3) is 0 Å². The Balaban J connectivity index is 1.70. The van der Waals surface area contributed by atoms with E-state index in [1.165, 1.54) is 0 Å². The van der Waals surface area contributed by atoms with Crippen LogP contribution < -0.4 is 9.47 Å². The van der Waals surface area contributed by atoms with Crippen molar-refractivity contribution in [1.82, 2.24) is 4.90 Å². The number of hydrogen-bond donors (Lipinski definition) is 0. The summed E-state index contributed by atoms with van der Waals surface area (Å²) in [5.74, 6) is 1.67. The molecule has 0 saturated carbocycles. The molecule has 2 aliphatic rings. The van der Waals surface area contributed by atoms with Gasteiger partial charge in [-0.05, 0) is 37.0 Å². The van der Waals surface area contributed by atoms with Crippen molar-refractivity contribution >= 4 is 5.91 Å². The predicted molar refractivity (Wildman–Crippen MR) is 86.7 cm³/mol. The predicted octanol–water partition coefficient (Wildman–Crippen LogP) is 2.77. The number of rotatable bonds is 6. The number of ether oxygens (including phenoxy) is 3. The lowest BCUT2D eigenvalue weighted by molar-refractivity contribution is -0.141. The first-order valence-corrected chi connectivity index (χ1v) is 8.57. The highest BCUT2D eigenvalue weighted by Crippen LogP contribution is 2.31. The third-order valence-corrected chi connectivity index (χ3v) is 4.28. The lowest BCUT2D eigenvalue weighted by Gasteiger charge is -2.26. The van der Waals surface area contributed by atoms with Gasteiger partial charge < -0.3 is 19.1 Å². The molecule has 0 unspecified atom stereocenters. The summed E-state index contributed by atoms with van der Waals surface area (Å²) in [5, 5.41) is 0. The molecule has 1 atom stereocenters. The van der Waals surface area contributed by atoms with E-state index in [9.17, 15) is 4.79 Å². The summed E-state index contributed by atoms with van der Waals surface area (Å²) in [7, 11) is 0. The normalized spacial score (nSPS) is 19.6. The summed E-state index contributed by atoms with van der Waals surface area (Å²) < 4.78 is 16.8. The number of benzene rings is 1. The largest absolute Gasteiger partial charge is 0.486 e. The Morgan fingerprint density at radius 2 is 2.04 bits per heavy atom. The summed E-state index contributed by atoms with van der Waals surface area (Å²) in [6, 6.07) is 5.92. The quantitative estimate of drug-likeness (QED) is 0.809. The molecular formula is C18H25NO4. The van der Waals surface area contributed by atoms with Crippen molar-refractivity contribution in [2.75, 3.05) is 26.4 Å². The fraction of sp³-hybridized carbons (Fsp3) is 0.611. The Morgan fingerprint density at radius 3 is 2.78 bits per heavy atom. The van der Waals surface area contributed by atoms with Gasteiger partial charge in [0.2, 0.25) is 0 Å². The van der Waals surface area contributed by atoms with Crippen molar-refractivity contribution in [3.63, 3.8) is 0 Å². The number of carbonyl (C=O) groups excluding carboxylic acids is 1. The van der Waals surface area contributed by atoms with E-state index in [0.29, 0.717) is 26.4 Å². The van der Waals surface area contributed by atoms with Crippen molar-refractivity contribution in [2.45, 2.75) is 45.3 Å².